The molecule has 6 nitrogen and oxygen atoms in total. The third-order valence-corrected chi connectivity index (χ3v) is 2.73. The summed E-state index contributed by atoms with van der Waals surface area (Å²) in [6.07, 6.45) is -0.375. The van der Waals surface area contributed by atoms with Crippen LogP contribution in [0.5, 0.6) is 0 Å². The molecular formula is C16H25N3O3. The normalized spacial score (nSPS) is 10.7. The fraction of sp³-hybridized carbons (Fsp3) is 0.500. The first kappa shape index (κ1) is 17.8. The van der Waals surface area contributed by atoms with Crippen molar-refractivity contribution in [3.8, 4) is 0 Å². The maximum absolute atomic E-state index is 11.9. The van der Waals surface area contributed by atoms with Gasteiger partial charge in [-0.05, 0) is 39.8 Å². The van der Waals surface area contributed by atoms with Crippen molar-refractivity contribution in [2.45, 2.75) is 33.3 Å². The van der Waals surface area contributed by atoms with Crippen molar-refractivity contribution < 1.29 is 14.3 Å². The van der Waals surface area contributed by atoms with Gasteiger partial charge in [-0.25, -0.2) is 9.59 Å². The van der Waals surface area contributed by atoms with Crippen molar-refractivity contribution in [1.29, 1.82) is 0 Å². The predicted octanol–water partition coefficient (Wildman–Crippen LogP) is 3.07. The number of carbonyl (C=O) groups is 2. The molecule has 1 aromatic rings. The number of hydrogen-bond donors (Lipinski definition) is 2. The zero-order valence-electron chi connectivity index (χ0n) is 13.7. The molecule has 122 valence electrons. The number of likely N-dealkylation sites (N-methyl/N-ethyl adjacent to an activating group) is 1. The smallest absolute Gasteiger partial charge is 0.410 e. The van der Waals surface area contributed by atoms with Gasteiger partial charge in [-0.15, -0.1) is 0 Å². The Balaban J connectivity index is 2.35. The van der Waals surface area contributed by atoms with Crippen LogP contribution in [0.25, 0.3) is 0 Å². The molecule has 2 N–H and O–H groups in total. The van der Waals surface area contributed by atoms with Gasteiger partial charge in [0.1, 0.15) is 5.60 Å². The van der Waals surface area contributed by atoms with Gasteiger partial charge in [-0.3, -0.25) is 0 Å². The highest BCUT2D eigenvalue weighted by Gasteiger charge is 2.20. The zero-order valence-corrected chi connectivity index (χ0v) is 13.7. The fourth-order valence-electron chi connectivity index (χ4n) is 1.71. The number of amides is 3. The van der Waals surface area contributed by atoms with Crippen LogP contribution in [0.3, 0.4) is 0 Å². The summed E-state index contributed by atoms with van der Waals surface area (Å²) in [5, 5.41) is 5.43. The number of nitrogens with zero attached hydrogens (tertiary/aromatic N) is 1. The Labute approximate surface area is 131 Å². The molecule has 0 atom stereocenters. The molecule has 22 heavy (non-hydrogen) atoms. The van der Waals surface area contributed by atoms with Crippen molar-refractivity contribution in [3.05, 3.63) is 30.3 Å². The van der Waals surface area contributed by atoms with Gasteiger partial charge in [-0.2, -0.15) is 0 Å². The van der Waals surface area contributed by atoms with E-state index in [-0.39, 0.29) is 12.1 Å². The Hall–Kier alpha value is -2.24. The average Bonchev–Trinajstić information content (AvgIpc) is 2.42. The molecule has 0 spiro atoms. The molecular weight excluding hydrogens is 282 g/mol. The lowest BCUT2D eigenvalue weighted by Crippen LogP contribution is -2.42. The van der Waals surface area contributed by atoms with E-state index >= 15 is 0 Å². The number of ether oxygens (including phenoxy) is 1. The van der Waals surface area contributed by atoms with E-state index in [9.17, 15) is 9.59 Å². The van der Waals surface area contributed by atoms with Crippen molar-refractivity contribution >= 4 is 17.8 Å². The third kappa shape index (κ3) is 6.97. The van der Waals surface area contributed by atoms with Gasteiger partial charge in [0.25, 0.3) is 0 Å². The van der Waals surface area contributed by atoms with Gasteiger partial charge in [0, 0.05) is 25.3 Å². The van der Waals surface area contributed by atoms with Crippen LogP contribution in [0.15, 0.2) is 30.3 Å². The monoisotopic (exact) mass is 307 g/mol. The van der Waals surface area contributed by atoms with Gasteiger partial charge < -0.3 is 20.3 Å². The minimum absolute atomic E-state index is 0.300. The maximum Gasteiger partial charge on any atom is 0.410 e. The first-order valence-corrected chi connectivity index (χ1v) is 7.39. The number of nitrogens with one attached hydrogen (secondary N) is 2. The van der Waals surface area contributed by atoms with Crippen LogP contribution in [0.2, 0.25) is 0 Å². The summed E-state index contributed by atoms with van der Waals surface area (Å²) in [6, 6.07) is 8.88. The Morgan fingerprint density at radius 2 is 1.82 bits per heavy atom. The molecule has 0 saturated carbocycles. The zero-order chi connectivity index (χ0) is 16.6. The van der Waals surface area contributed by atoms with E-state index in [1.165, 1.54) is 0 Å². The highest BCUT2D eigenvalue weighted by molar-refractivity contribution is 5.89. The average molecular weight is 307 g/mol. The molecule has 0 aliphatic rings. The number of hydrogen-bond acceptors (Lipinski definition) is 3. The second kappa shape index (κ2) is 8.26. The summed E-state index contributed by atoms with van der Waals surface area (Å²) in [5.41, 5.74) is 0.197. The first-order chi connectivity index (χ1) is 10.3. The number of urea groups is 1. The number of rotatable bonds is 5. The molecule has 0 aromatic heterocycles. The highest BCUT2D eigenvalue weighted by Crippen LogP contribution is 2.09. The van der Waals surface area contributed by atoms with E-state index in [1.54, 1.807) is 17.0 Å². The Morgan fingerprint density at radius 1 is 1.18 bits per heavy atom. The Morgan fingerprint density at radius 3 is 2.36 bits per heavy atom. The quantitative estimate of drug-likeness (QED) is 0.878. The van der Waals surface area contributed by atoms with E-state index in [1.807, 2.05) is 45.9 Å². The second-order valence-corrected chi connectivity index (χ2v) is 5.81. The summed E-state index contributed by atoms with van der Waals surface area (Å²) in [7, 11) is 0. The molecule has 0 aliphatic heterocycles. The maximum atomic E-state index is 11.9. The van der Waals surface area contributed by atoms with Crippen LogP contribution >= 0.6 is 0 Å². The molecule has 0 bridgehead atoms. The van der Waals surface area contributed by atoms with Gasteiger partial charge in [-0.1, -0.05) is 18.2 Å². The predicted molar refractivity (Wildman–Crippen MR) is 86.9 cm³/mol. The van der Waals surface area contributed by atoms with Crippen molar-refractivity contribution in [2.75, 3.05) is 25.0 Å². The number of benzene rings is 1. The largest absolute Gasteiger partial charge is 0.444 e. The first-order valence-electron chi connectivity index (χ1n) is 7.39. The van der Waals surface area contributed by atoms with E-state index in [2.05, 4.69) is 10.6 Å². The molecule has 3 amide bonds. The van der Waals surface area contributed by atoms with E-state index < -0.39 is 5.60 Å². The van der Waals surface area contributed by atoms with Crippen LogP contribution in [0.4, 0.5) is 15.3 Å². The molecule has 0 saturated heterocycles. The molecule has 1 rings (SSSR count). The molecule has 0 unspecified atom stereocenters. The number of carbonyl (C=O) groups excluding carboxylic acids is 2. The second-order valence-electron chi connectivity index (χ2n) is 5.81. The Kier molecular flexibility index (Phi) is 6.69. The van der Waals surface area contributed by atoms with Gasteiger partial charge >= 0.3 is 12.1 Å². The van der Waals surface area contributed by atoms with Crippen molar-refractivity contribution in [2.24, 2.45) is 0 Å². The van der Waals surface area contributed by atoms with Crippen LogP contribution in [-0.2, 0) is 4.74 Å². The summed E-state index contributed by atoms with van der Waals surface area (Å²) in [6.45, 7) is 8.61. The summed E-state index contributed by atoms with van der Waals surface area (Å²) >= 11 is 0. The minimum atomic E-state index is -0.525. The van der Waals surface area contributed by atoms with Gasteiger partial charge in [0.05, 0.1) is 0 Å². The molecule has 6 heteroatoms. The van der Waals surface area contributed by atoms with E-state index in [0.717, 1.165) is 5.69 Å². The number of anilines is 1. The van der Waals surface area contributed by atoms with Crippen LogP contribution in [0.1, 0.15) is 27.7 Å². The number of para-hydroxylation sites is 1. The van der Waals surface area contributed by atoms with E-state index in [4.69, 9.17) is 4.74 Å². The summed E-state index contributed by atoms with van der Waals surface area (Å²) < 4.78 is 5.30. The lowest BCUT2D eigenvalue weighted by atomic mass is 10.2. The van der Waals surface area contributed by atoms with Gasteiger partial charge in [0.2, 0.25) is 0 Å². The van der Waals surface area contributed by atoms with Crippen molar-refractivity contribution in [3.63, 3.8) is 0 Å². The lowest BCUT2D eigenvalue weighted by Gasteiger charge is -2.26. The molecule has 0 heterocycles. The molecule has 0 fully saturated rings. The third-order valence-electron chi connectivity index (χ3n) is 2.73. The molecule has 0 radical (unpaired) electrons. The lowest BCUT2D eigenvalue weighted by molar-refractivity contribution is 0.0263. The van der Waals surface area contributed by atoms with Crippen LogP contribution in [0, 0.1) is 0 Å². The topological polar surface area (TPSA) is 70.7 Å². The van der Waals surface area contributed by atoms with Crippen molar-refractivity contribution in [1.82, 2.24) is 10.2 Å². The molecule has 1 aromatic carbocycles. The molecule has 0 aliphatic carbocycles. The highest BCUT2D eigenvalue weighted by atomic mass is 16.6. The Bertz CT molecular complexity index is 483. The van der Waals surface area contributed by atoms with Crippen LogP contribution < -0.4 is 10.6 Å². The standard InChI is InChI=1S/C16H25N3O3/c1-5-19(15(21)22-16(2,3)4)12-11-17-14(20)18-13-9-7-6-8-10-13/h6-10H,5,11-12H2,1-4H3,(H2,17,18,20). The minimum Gasteiger partial charge on any atom is -0.444 e. The summed E-state index contributed by atoms with van der Waals surface area (Å²) in [4.78, 5) is 25.2. The van der Waals surface area contributed by atoms with Gasteiger partial charge in [0.15, 0.2) is 0 Å². The van der Waals surface area contributed by atoms with E-state index in [0.29, 0.717) is 19.6 Å². The SMILES string of the molecule is CCN(CCNC(=O)Nc1ccccc1)C(=O)OC(C)(C)C. The van der Waals surface area contributed by atoms with Crippen LogP contribution in [-0.4, -0.2) is 42.3 Å². The fourth-order valence-corrected chi connectivity index (χ4v) is 1.71. The summed E-state index contributed by atoms with van der Waals surface area (Å²) in [5.74, 6) is 0.